The molecule has 2 atom stereocenters. The summed E-state index contributed by atoms with van der Waals surface area (Å²) in [5, 5.41) is 7.12. The standard InChI is InChI=1S/C20H22N4O3/c1-12-3-8-19(27-12)15-10-24(11-16(15)21)20(25)18-9-17(22-23-18)13-4-6-14(26-2)7-5-13/h3-9,15-16H,10-11,21H2,1-2H3,(H,22,23). The second-order valence-corrected chi connectivity index (χ2v) is 6.82. The third kappa shape index (κ3) is 3.33. The molecule has 3 heterocycles. The van der Waals surface area contributed by atoms with Crippen molar-refractivity contribution in [1.82, 2.24) is 15.1 Å². The minimum atomic E-state index is -0.150. The Morgan fingerprint density at radius 2 is 2.04 bits per heavy atom. The molecular formula is C20H22N4O3. The van der Waals surface area contributed by atoms with Crippen molar-refractivity contribution in [2.75, 3.05) is 20.2 Å². The maximum atomic E-state index is 12.9. The molecular weight excluding hydrogens is 344 g/mol. The third-order valence-corrected chi connectivity index (χ3v) is 4.97. The summed E-state index contributed by atoms with van der Waals surface area (Å²) in [5.41, 5.74) is 8.33. The molecule has 0 bridgehead atoms. The fourth-order valence-corrected chi connectivity index (χ4v) is 3.46. The van der Waals surface area contributed by atoms with Gasteiger partial charge in [-0.3, -0.25) is 9.89 Å². The number of aryl methyl sites for hydroxylation is 1. The Morgan fingerprint density at radius 1 is 1.26 bits per heavy atom. The number of aromatic nitrogens is 2. The fourth-order valence-electron chi connectivity index (χ4n) is 3.46. The summed E-state index contributed by atoms with van der Waals surface area (Å²) in [6.45, 7) is 2.92. The highest BCUT2D eigenvalue weighted by Crippen LogP contribution is 2.29. The maximum Gasteiger partial charge on any atom is 0.271 e. The van der Waals surface area contributed by atoms with Crippen molar-refractivity contribution in [2.45, 2.75) is 18.9 Å². The number of nitrogens with two attached hydrogens (primary N) is 1. The molecule has 2 unspecified atom stereocenters. The van der Waals surface area contributed by atoms with E-state index in [1.165, 1.54) is 0 Å². The van der Waals surface area contributed by atoms with Crippen LogP contribution >= 0.6 is 0 Å². The number of carbonyl (C=O) groups is 1. The average molecular weight is 366 g/mol. The van der Waals surface area contributed by atoms with Crippen LogP contribution in [0.4, 0.5) is 0 Å². The number of rotatable bonds is 4. The molecule has 3 aromatic rings. The molecule has 1 aliphatic rings. The second kappa shape index (κ2) is 6.92. The first kappa shape index (κ1) is 17.4. The SMILES string of the molecule is COc1ccc(-c2cc(C(=O)N3CC(N)C(c4ccc(C)o4)C3)[nH]n2)cc1. The second-order valence-electron chi connectivity index (χ2n) is 6.82. The highest BCUT2D eigenvalue weighted by Gasteiger charge is 2.36. The van der Waals surface area contributed by atoms with Crippen LogP contribution in [-0.4, -0.2) is 47.2 Å². The topological polar surface area (TPSA) is 97.4 Å². The Balaban J connectivity index is 1.49. The molecule has 0 aliphatic carbocycles. The van der Waals surface area contributed by atoms with Gasteiger partial charge in [0, 0.05) is 24.7 Å². The predicted octanol–water partition coefficient (Wildman–Crippen LogP) is 2.55. The number of nitrogens with one attached hydrogen (secondary N) is 1. The molecule has 1 amide bonds. The van der Waals surface area contributed by atoms with Gasteiger partial charge in [-0.2, -0.15) is 5.10 Å². The quantitative estimate of drug-likeness (QED) is 0.739. The molecule has 2 aromatic heterocycles. The first-order valence-electron chi connectivity index (χ1n) is 8.86. The summed E-state index contributed by atoms with van der Waals surface area (Å²) in [5.74, 6) is 2.35. The van der Waals surface area contributed by atoms with Gasteiger partial charge in [0.2, 0.25) is 0 Å². The van der Waals surface area contributed by atoms with E-state index in [2.05, 4.69) is 10.2 Å². The maximum absolute atomic E-state index is 12.9. The van der Waals surface area contributed by atoms with Gasteiger partial charge in [-0.1, -0.05) is 0 Å². The Bertz CT molecular complexity index is 944. The number of amides is 1. The molecule has 0 radical (unpaired) electrons. The molecule has 1 saturated heterocycles. The van der Waals surface area contributed by atoms with Gasteiger partial charge in [-0.15, -0.1) is 0 Å². The molecule has 3 N–H and O–H groups in total. The van der Waals surface area contributed by atoms with Crippen LogP contribution in [0.15, 0.2) is 46.9 Å². The molecule has 4 rings (SSSR count). The first-order chi connectivity index (χ1) is 13.0. The van der Waals surface area contributed by atoms with Gasteiger partial charge in [0.05, 0.1) is 18.7 Å². The summed E-state index contributed by atoms with van der Waals surface area (Å²) in [7, 11) is 1.62. The van der Waals surface area contributed by atoms with E-state index in [0.717, 1.165) is 22.8 Å². The number of methoxy groups -OCH3 is 1. The van der Waals surface area contributed by atoms with Crippen molar-refractivity contribution in [3.05, 3.63) is 59.7 Å². The van der Waals surface area contributed by atoms with Crippen LogP contribution in [0, 0.1) is 6.92 Å². The highest BCUT2D eigenvalue weighted by atomic mass is 16.5. The van der Waals surface area contributed by atoms with Crippen molar-refractivity contribution in [1.29, 1.82) is 0 Å². The number of carbonyl (C=O) groups excluding carboxylic acids is 1. The lowest BCUT2D eigenvalue weighted by Gasteiger charge is -2.14. The normalized spacial score (nSPS) is 19.4. The van der Waals surface area contributed by atoms with E-state index in [1.807, 2.05) is 43.3 Å². The van der Waals surface area contributed by atoms with Gasteiger partial charge in [0.15, 0.2) is 0 Å². The Kier molecular flexibility index (Phi) is 4.45. The fraction of sp³-hybridized carbons (Fsp3) is 0.300. The van der Waals surface area contributed by atoms with Crippen LogP contribution < -0.4 is 10.5 Å². The minimum absolute atomic E-state index is 0.00614. The first-order valence-corrected chi connectivity index (χ1v) is 8.86. The van der Waals surface area contributed by atoms with E-state index in [4.69, 9.17) is 14.9 Å². The lowest BCUT2D eigenvalue weighted by atomic mass is 10.0. The summed E-state index contributed by atoms with van der Waals surface area (Å²) in [6, 6.07) is 13.0. The highest BCUT2D eigenvalue weighted by molar-refractivity contribution is 5.93. The van der Waals surface area contributed by atoms with Gasteiger partial charge in [0.1, 0.15) is 23.0 Å². The number of ether oxygens (including phenoxy) is 1. The zero-order chi connectivity index (χ0) is 19.0. The Morgan fingerprint density at radius 3 is 2.70 bits per heavy atom. The number of aromatic amines is 1. The van der Waals surface area contributed by atoms with Gasteiger partial charge in [-0.05, 0) is 49.4 Å². The lowest BCUT2D eigenvalue weighted by molar-refractivity contribution is 0.0782. The number of furan rings is 1. The van der Waals surface area contributed by atoms with E-state index in [0.29, 0.717) is 24.5 Å². The van der Waals surface area contributed by atoms with Gasteiger partial charge < -0.3 is 19.8 Å². The predicted molar refractivity (Wildman–Crippen MR) is 101 cm³/mol. The molecule has 140 valence electrons. The molecule has 0 spiro atoms. The lowest BCUT2D eigenvalue weighted by Crippen LogP contribution is -2.32. The van der Waals surface area contributed by atoms with Crippen molar-refractivity contribution >= 4 is 5.91 Å². The molecule has 7 nitrogen and oxygen atoms in total. The van der Waals surface area contributed by atoms with Crippen LogP contribution in [0.1, 0.15) is 27.9 Å². The van der Waals surface area contributed by atoms with E-state index in [9.17, 15) is 4.79 Å². The Hall–Kier alpha value is -3.06. The van der Waals surface area contributed by atoms with Crippen LogP contribution in [0.25, 0.3) is 11.3 Å². The van der Waals surface area contributed by atoms with E-state index >= 15 is 0 Å². The van der Waals surface area contributed by atoms with Crippen molar-refractivity contribution in [3.8, 4) is 17.0 Å². The number of hydrogen-bond acceptors (Lipinski definition) is 5. The number of hydrogen-bond donors (Lipinski definition) is 2. The number of benzene rings is 1. The van der Waals surface area contributed by atoms with Gasteiger partial charge >= 0.3 is 0 Å². The monoisotopic (exact) mass is 366 g/mol. The summed E-state index contributed by atoms with van der Waals surface area (Å²) in [4.78, 5) is 14.6. The third-order valence-electron chi connectivity index (χ3n) is 4.97. The van der Waals surface area contributed by atoms with Crippen LogP contribution in [0.5, 0.6) is 5.75 Å². The summed E-state index contributed by atoms with van der Waals surface area (Å²) < 4.78 is 10.9. The van der Waals surface area contributed by atoms with E-state index in [1.54, 1.807) is 18.1 Å². The smallest absolute Gasteiger partial charge is 0.271 e. The van der Waals surface area contributed by atoms with Crippen molar-refractivity contribution in [3.63, 3.8) is 0 Å². The molecule has 7 heteroatoms. The van der Waals surface area contributed by atoms with Crippen molar-refractivity contribution < 1.29 is 13.9 Å². The van der Waals surface area contributed by atoms with Crippen LogP contribution in [0.3, 0.4) is 0 Å². The number of likely N-dealkylation sites (tertiary alicyclic amines) is 1. The summed E-state index contributed by atoms with van der Waals surface area (Å²) >= 11 is 0. The molecule has 1 fully saturated rings. The van der Waals surface area contributed by atoms with Gasteiger partial charge in [0.25, 0.3) is 5.91 Å². The van der Waals surface area contributed by atoms with Crippen molar-refractivity contribution in [2.24, 2.45) is 5.73 Å². The number of H-pyrrole nitrogens is 1. The largest absolute Gasteiger partial charge is 0.497 e. The molecule has 1 aromatic carbocycles. The van der Waals surface area contributed by atoms with Crippen LogP contribution in [0.2, 0.25) is 0 Å². The van der Waals surface area contributed by atoms with E-state index < -0.39 is 0 Å². The number of nitrogens with zero attached hydrogens (tertiary/aromatic N) is 2. The zero-order valence-electron chi connectivity index (χ0n) is 15.3. The zero-order valence-corrected chi connectivity index (χ0v) is 15.3. The van der Waals surface area contributed by atoms with E-state index in [-0.39, 0.29) is 17.9 Å². The Labute approximate surface area is 157 Å². The molecule has 1 aliphatic heterocycles. The summed E-state index contributed by atoms with van der Waals surface area (Å²) in [6.07, 6.45) is 0. The average Bonchev–Trinajstić information content (AvgIpc) is 3.41. The minimum Gasteiger partial charge on any atom is -0.497 e. The van der Waals surface area contributed by atoms with Gasteiger partial charge in [-0.25, -0.2) is 0 Å². The molecule has 27 heavy (non-hydrogen) atoms. The van der Waals surface area contributed by atoms with Crippen LogP contribution in [-0.2, 0) is 0 Å². The molecule has 0 saturated carbocycles.